The van der Waals surface area contributed by atoms with Gasteiger partial charge in [-0.05, 0) is 38.1 Å². The van der Waals surface area contributed by atoms with Crippen LogP contribution in [0.15, 0.2) is 24.3 Å². The molecule has 5 heteroatoms. The third-order valence-corrected chi connectivity index (χ3v) is 3.37. The van der Waals surface area contributed by atoms with Crippen LogP contribution in [0.4, 0.5) is 5.69 Å². The van der Waals surface area contributed by atoms with E-state index in [2.05, 4.69) is 0 Å². The van der Waals surface area contributed by atoms with E-state index in [9.17, 15) is 4.79 Å². The molecule has 1 aliphatic heterocycles. The molecule has 0 radical (unpaired) electrons. The summed E-state index contributed by atoms with van der Waals surface area (Å²) in [5, 5.41) is 0.618. The molecule has 0 aliphatic carbocycles. The first kappa shape index (κ1) is 13.3. The van der Waals surface area contributed by atoms with Gasteiger partial charge >= 0.3 is 0 Å². The van der Waals surface area contributed by atoms with Gasteiger partial charge in [0, 0.05) is 10.7 Å². The molecule has 2 rings (SSSR count). The van der Waals surface area contributed by atoms with E-state index in [4.69, 9.17) is 22.1 Å². The van der Waals surface area contributed by atoms with Gasteiger partial charge in [0.25, 0.3) is 5.91 Å². The maximum absolute atomic E-state index is 11.9. The molecule has 0 aromatic heterocycles. The number of halogens is 1. The number of anilines is 1. The Kier molecular flexibility index (Phi) is 3.90. The van der Waals surface area contributed by atoms with Crippen LogP contribution in [0.5, 0.6) is 0 Å². The lowest BCUT2D eigenvalue weighted by molar-refractivity contribution is -0.137. The van der Waals surface area contributed by atoms with Gasteiger partial charge in [0.2, 0.25) is 0 Å². The average Bonchev–Trinajstić information content (AvgIpc) is 2.33. The molecule has 1 aromatic carbocycles. The van der Waals surface area contributed by atoms with Gasteiger partial charge in [-0.2, -0.15) is 0 Å². The minimum Gasteiger partial charge on any atom is -0.364 e. The van der Waals surface area contributed by atoms with Gasteiger partial charge in [-0.15, -0.1) is 0 Å². The number of rotatable bonds is 3. The van der Waals surface area contributed by atoms with E-state index in [1.54, 1.807) is 17.0 Å². The highest BCUT2D eigenvalue weighted by Gasteiger charge is 2.35. The zero-order chi connectivity index (χ0) is 13.2. The fourth-order valence-corrected chi connectivity index (χ4v) is 2.30. The first-order valence-electron chi connectivity index (χ1n) is 5.94. The molecule has 1 aromatic rings. The summed E-state index contributed by atoms with van der Waals surface area (Å²) in [6.45, 7) is 3.10. The molecule has 1 fully saturated rings. The molecule has 1 aliphatic rings. The van der Waals surface area contributed by atoms with E-state index in [-0.39, 0.29) is 18.1 Å². The molecule has 1 unspecified atom stereocenters. The van der Waals surface area contributed by atoms with Crippen LogP contribution in [-0.4, -0.2) is 31.2 Å². The summed E-state index contributed by atoms with van der Waals surface area (Å²) in [6, 6.07) is 7.28. The number of nitrogens with two attached hydrogens (primary N) is 1. The zero-order valence-corrected chi connectivity index (χ0v) is 11.1. The smallest absolute Gasteiger partial charge is 0.253 e. The molecule has 0 saturated carbocycles. The van der Waals surface area contributed by atoms with Crippen molar-refractivity contribution in [2.75, 3.05) is 24.6 Å². The molecule has 1 amide bonds. The van der Waals surface area contributed by atoms with Gasteiger partial charge in [0.1, 0.15) is 6.61 Å². The predicted octanol–water partition coefficient (Wildman–Crippen LogP) is 1.81. The molecule has 2 N–H and O–H groups in total. The summed E-state index contributed by atoms with van der Waals surface area (Å²) in [5.74, 6) is -0.0493. The molecule has 98 valence electrons. The van der Waals surface area contributed by atoms with Gasteiger partial charge in [0.15, 0.2) is 0 Å². The molecule has 1 heterocycles. The standard InChI is InChI=1S/C13H17ClN2O2/c1-13(5-6-15)9-16(12(17)8-18-13)11-4-2-3-10(14)7-11/h2-4,7H,5-6,8-9,15H2,1H3. The van der Waals surface area contributed by atoms with Crippen molar-refractivity contribution >= 4 is 23.2 Å². The molecular weight excluding hydrogens is 252 g/mol. The van der Waals surface area contributed by atoms with Crippen molar-refractivity contribution in [1.29, 1.82) is 0 Å². The molecule has 0 bridgehead atoms. The van der Waals surface area contributed by atoms with Crippen LogP contribution >= 0.6 is 11.6 Å². The Balaban J connectivity index is 2.23. The van der Waals surface area contributed by atoms with Crippen LogP contribution < -0.4 is 10.6 Å². The van der Waals surface area contributed by atoms with E-state index in [0.717, 1.165) is 12.1 Å². The summed E-state index contributed by atoms with van der Waals surface area (Å²) in [7, 11) is 0. The molecule has 18 heavy (non-hydrogen) atoms. The molecule has 0 spiro atoms. The fraction of sp³-hybridized carbons (Fsp3) is 0.462. The lowest BCUT2D eigenvalue weighted by atomic mass is 9.99. The molecule has 1 saturated heterocycles. The van der Waals surface area contributed by atoms with Gasteiger partial charge in [-0.3, -0.25) is 4.79 Å². The van der Waals surface area contributed by atoms with Crippen molar-refractivity contribution in [3.63, 3.8) is 0 Å². The van der Waals surface area contributed by atoms with Crippen LogP contribution in [0.1, 0.15) is 13.3 Å². The van der Waals surface area contributed by atoms with E-state index >= 15 is 0 Å². The van der Waals surface area contributed by atoms with Crippen LogP contribution in [0.2, 0.25) is 5.02 Å². The number of morpholine rings is 1. The third-order valence-electron chi connectivity index (χ3n) is 3.13. The maximum atomic E-state index is 11.9. The summed E-state index contributed by atoms with van der Waals surface area (Å²) in [5.41, 5.74) is 6.00. The van der Waals surface area contributed by atoms with E-state index in [1.165, 1.54) is 0 Å². The maximum Gasteiger partial charge on any atom is 0.253 e. The number of benzene rings is 1. The summed E-state index contributed by atoms with van der Waals surface area (Å²) in [4.78, 5) is 13.6. The van der Waals surface area contributed by atoms with Crippen LogP contribution in [0, 0.1) is 0 Å². The minimum atomic E-state index is -0.384. The first-order valence-corrected chi connectivity index (χ1v) is 6.32. The first-order chi connectivity index (χ1) is 8.54. The van der Waals surface area contributed by atoms with Crippen LogP contribution in [0.25, 0.3) is 0 Å². The van der Waals surface area contributed by atoms with Crippen molar-refractivity contribution in [1.82, 2.24) is 0 Å². The molecule has 4 nitrogen and oxygen atoms in total. The summed E-state index contributed by atoms with van der Waals surface area (Å²) < 4.78 is 5.60. The van der Waals surface area contributed by atoms with Gasteiger partial charge in [-0.25, -0.2) is 0 Å². The highest BCUT2D eigenvalue weighted by atomic mass is 35.5. The van der Waals surface area contributed by atoms with Gasteiger partial charge in [0.05, 0.1) is 12.1 Å². The topological polar surface area (TPSA) is 55.6 Å². The van der Waals surface area contributed by atoms with E-state index < -0.39 is 0 Å². The normalized spacial score (nSPS) is 24.4. The number of carbonyl (C=O) groups excluding carboxylic acids is 1. The second-order valence-electron chi connectivity index (χ2n) is 4.74. The van der Waals surface area contributed by atoms with Crippen molar-refractivity contribution in [3.05, 3.63) is 29.3 Å². The highest BCUT2D eigenvalue weighted by molar-refractivity contribution is 6.30. The van der Waals surface area contributed by atoms with E-state index in [1.807, 2.05) is 19.1 Å². The van der Waals surface area contributed by atoms with Gasteiger partial charge in [-0.1, -0.05) is 17.7 Å². The number of amides is 1. The largest absolute Gasteiger partial charge is 0.364 e. The third kappa shape index (κ3) is 2.83. The Hall–Kier alpha value is -1.10. The second-order valence-corrected chi connectivity index (χ2v) is 5.17. The number of hydrogen-bond acceptors (Lipinski definition) is 3. The SMILES string of the molecule is CC1(CCN)CN(c2cccc(Cl)c2)C(=O)CO1. The number of nitrogens with zero attached hydrogens (tertiary/aromatic N) is 1. The van der Waals surface area contributed by atoms with Crippen molar-refractivity contribution in [2.24, 2.45) is 5.73 Å². The van der Waals surface area contributed by atoms with Crippen LogP contribution in [-0.2, 0) is 9.53 Å². The molecular formula is C13H17ClN2O2. The average molecular weight is 269 g/mol. The zero-order valence-electron chi connectivity index (χ0n) is 10.4. The summed E-state index contributed by atoms with van der Waals surface area (Å²) >= 11 is 5.95. The highest BCUT2D eigenvalue weighted by Crippen LogP contribution is 2.27. The van der Waals surface area contributed by atoms with Gasteiger partial charge < -0.3 is 15.4 Å². The Bertz CT molecular complexity index is 452. The lowest BCUT2D eigenvalue weighted by Gasteiger charge is -2.40. The Morgan fingerprint density at radius 2 is 2.33 bits per heavy atom. The van der Waals surface area contributed by atoms with Crippen molar-refractivity contribution in [3.8, 4) is 0 Å². The van der Waals surface area contributed by atoms with Crippen molar-refractivity contribution in [2.45, 2.75) is 18.9 Å². The Labute approximate surface area is 112 Å². The molecule has 1 atom stereocenters. The Morgan fingerprint density at radius 3 is 3.00 bits per heavy atom. The lowest BCUT2D eigenvalue weighted by Crippen LogP contribution is -2.54. The predicted molar refractivity (Wildman–Crippen MR) is 71.8 cm³/mol. The second kappa shape index (κ2) is 5.26. The van der Waals surface area contributed by atoms with Crippen LogP contribution in [0.3, 0.4) is 0 Å². The number of carbonyl (C=O) groups is 1. The number of hydrogen-bond donors (Lipinski definition) is 1. The quantitative estimate of drug-likeness (QED) is 0.910. The number of ether oxygens (including phenoxy) is 1. The fourth-order valence-electron chi connectivity index (χ4n) is 2.12. The summed E-state index contributed by atoms with van der Waals surface area (Å²) in [6.07, 6.45) is 0.720. The van der Waals surface area contributed by atoms with Crippen molar-refractivity contribution < 1.29 is 9.53 Å². The minimum absolute atomic E-state index is 0.0493. The Morgan fingerprint density at radius 1 is 1.56 bits per heavy atom. The monoisotopic (exact) mass is 268 g/mol. The van der Waals surface area contributed by atoms with E-state index in [0.29, 0.717) is 18.1 Å².